The van der Waals surface area contributed by atoms with Gasteiger partial charge in [-0.15, -0.1) is 0 Å². The SMILES string of the molecule is CNCc1ccccc1COCCCc1ccccc1. The van der Waals surface area contributed by atoms with Crippen LogP contribution in [-0.2, 0) is 24.3 Å². The molecule has 0 aliphatic carbocycles. The van der Waals surface area contributed by atoms with Gasteiger partial charge in [-0.3, -0.25) is 0 Å². The fraction of sp³-hybridized carbons (Fsp3) is 0.333. The first-order valence-corrected chi connectivity index (χ1v) is 7.23. The summed E-state index contributed by atoms with van der Waals surface area (Å²) in [7, 11) is 1.97. The highest BCUT2D eigenvalue weighted by molar-refractivity contribution is 5.26. The van der Waals surface area contributed by atoms with Crippen molar-refractivity contribution in [1.29, 1.82) is 0 Å². The summed E-state index contributed by atoms with van der Waals surface area (Å²) in [4.78, 5) is 0. The van der Waals surface area contributed by atoms with E-state index >= 15 is 0 Å². The Kier molecular flexibility index (Phi) is 6.28. The van der Waals surface area contributed by atoms with Crippen LogP contribution in [0.3, 0.4) is 0 Å². The summed E-state index contributed by atoms with van der Waals surface area (Å²) < 4.78 is 5.80. The van der Waals surface area contributed by atoms with E-state index in [-0.39, 0.29) is 0 Å². The maximum absolute atomic E-state index is 5.80. The van der Waals surface area contributed by atoms with Crippen LogP contribution in [0.1, 0.15) is 23.1 Å². The van der Waals surface area contributed by atoms with E-state index in [1.165, 1.54) is 16.7 Å². The van der Waals surface area contributed by atoms with Crippen molar-refractivity contribution in [2.45, 2.75) is 26.0 Å². The highest BCUT2D eigenvalue weighted by Gasteiger charge is 2.00. The third-order valence-corrected chi connectivity index (χ3v) is 3.34. The quantitative estimate of drug-likeness (QED) is 0.740. The van der Waals surface area contributed by atoms with Crippen molar-refractivity contribution >= 4 is 0 Å². The van der Waals surface area contributed by atoms with Crippen LogP contribution < -0.4 is 5.32 Å². The number of rotatable bonds is 8. The van der Waals surface area contributed by atoms with Crippen LogP contribution in [0.2, 0.25) is 0 Å². The van der Waals surface area contributed by atoms with E-state index in [4.69, 9.17) is 4.74 Å². The maximum Gasteiger partial charge on any atom is 0.0720 e. The fourth-order valence-corrected chi connectivity index (χ4v) is 2.27. The van der Waals surface area contributed by atoms with E-state index < -0.39 is 0 Å². The monoisotopic (exact) mass is 269 g/mol. The van der Waals surface area contributed by atoms with Crippen molar-refractivity contribution in [3.63, 3.8) is 0 Å². The molecule has 0 saturated carbocycles. The molecule has 0 aromatic heterocycles. The molecule has 0 fully saturated rings. The van der Waals surface area contributed by atoms with Gasteiger partial charge in [0, 0.05) is 13.2 Å². The summed E-state index contributed by atoms with van der Waals surface area (Å²) >= 11 is 0. The lowest BCUT2D eigenvalue weighted by Crippen LogP contribution is -2.08. The Bertz CT molecular complexity index is 496. The molecule has 20 heavy (non-hydrogen) atoms. The van der Waals surface area contributed by atoms with Crippen LogP contribution >= 0.6 is 0 Å². The fourth-order valence-electron chi connectivity index (χ4n) is 2.27. The number of benzene rings is 2. The minimum Gasteiger partial charge on any atom is -0.377 e. The van der Waals surface area contributed by atoms with Gasteiger partial charge in [-0.1, -0.05) is 54.6 Å². The standard InChI is InChI=1S/C18H23NO/c1-19-14-17-11-5-6-12-18(17)15-20-13-7-10-16-8-3-2-4-9-16/h2-6,8-9,11-12,19H,7,10,13-15H2,1H3. The summed E-state index contributed by atoms with van der Waals surface area (Å²) in [6.45, 7) is 2.40. The molecule has 0 unspecified atom stereocenters. The summed E-state index contributed by atoms with van der Waals surface area (Å²) in [5.41, 5.74) is 3.98. The minimum absolute atomic E-state index is 0.701. The Morgan fingerprint density at radius 3 is 2.35 bits per heavy atom. The topological polar surface area (TPSA) is 21.3 Å². The van der Waals surface area contributed by atoms with Gasteiger partial charge in [0.15, 0.2) is 0 Å². The zero-order chi connectivity index (χ0) is 14.0. The van der Waals surface area contributed by atoms with Crippen LogP contribution in [0.5, 0.6) is 0 Å². The Labute approximate surface area is 121 Å². The molecule has 0 saturated heterocycles. The van der Waals surface area contributed by atoms with Gasteiger partial charge < -0.3 is 10.1 Å². The number of hydrogen-bond acceptors (Lipinski definition) is 2. The van der Waals surface area contributed by atoms with Crippen LogP contribution in [-0.4, -0.2) is 13.7 Å². The minimum atomic E-state index is 0.701. The largest absolute Gasteiger partial charge is 0.377 e. The number of ether oxygens (including phenoxy) is 1. The Morgan fingerprint density at radius 2 is 1.60 bits per heavy atom. The lowest BCUT2D eigenvalue weighted by molar-refractivity contribution is 0.118. The van der Waals surface area contributed by atoms with Crippen molar-refractivity contribution in [3.8, 4) is 0 Å². The maximum atomic E-state index is 5.80. The zero-order valence-electron chi connectivity index (χ0n) is 12.1. The molecule has 0 spiro atoms. The predicted molar refractivity (Wildman–Crippen MR) is 83.6 cm³/mol. The van der Waals surface area contributed by atoms with Crippen molar-refractivity contribution in [3.05, 3.63) is 71.3 Å². The van der Waals surface area contributed by atoms with Crippen LogP contribution in [0.4, 0.5) is 0 Å². The Hall–Kier alpha value is -1.64. The molecule has 2 nitrogen and oxygen atoms in total. The Balaban J connectivity index is 1.71. The van der Waals surface area contributed by atoms with Crippen LogP contribution in [0, 0.1) is 0 Å². The first kappa shape index (κ1) is 14.8. The summed E-state index contributed by atoms with van der Waals surface area (Å²) in [6.07, 6.45) is 2.15. The summed E-state index contributed by atoms with van der Waals surface area (Å²) in [6, 6.07) is 19.0. The number of aryl methyl sites for hydroxylation is 1. The van der Waals surface area contributed by atoms with Gasteiger partial charge in [0.05, 0.1) is 6.61 Å². The van der Waals surface area contributed by atoms with Gasteiger partial charge in [0.2, 0.25) is 0 Å². The van der Waals surface area contributed by atoms with E-state index in [0.717, 1.165) is 26.0 Å². The highest BCUT2D eigenvalue weighted by atomic mass is 16.5. The van der Waals surface area contributed by atoms with Gasteiger partial charge >= 0.3 is 0 Å². The van der Waals surface area contributed by atoms with E-state index in [2.05, 4.69) is 59.9 Å². The van der Waals surface area contributed by atoms with E-state index in [0.29, 0.717) is 6.61 Å². The van der Waals surface area contributed by atoms with Crippen molar-refractivity contribution < 1.29 is 4.74 Å². The molecule has 0 radical (unpaired) electrons. The molecule has 0 atom stereocenters. The van der Waals surface area contributed by atoms with Gasteiger partial charge in [0.25, 0.3) is 0 Å². The first-order chi connectivity index (χ1) is 9.90. The van der Waals surface area contributed by atoms with E-state index in [1.54, 1.807) is 0 Å². The third-order valence-electron chi connectivity index (χ3n) is 3.34. The summed E-state index contributed by atoms with van der Waals surface area (Å²) in [5, 5.41) is 3.19. The normalized spacial score (nSPS) is 10.7. The van der Waals surface area contributed by atoms with Crippen LogP contribution in [0.15, 0.2) is 54.6 Å². The van der Waals surface area contributed by atoms with E-state index in [9.17, 15) is 0 Å². The number of nitrogens with one attached hydrogen (secondary N) is 1. The molecule has 106 valence electrons. The second-order valence-corrected chi connectivity index (χ2v) is 4.94. The molecular weight excluding hydrogens is 246 g/mol. The lowest BCUT2D eigenvalue weighted by atomic mass is 10.1. The third kappa shape index (κ3) is 4.80. The molecule has 2 heteroatoms. The molecule has 0 heterocycles. The zero-order valence-corrected chi connectivity index (χ0v) is 12.1. The number of hydrogen-bond donors (Lipinski definition) is 1. The van der Waals surface area contributed by atoms with Gasteiger partial charge in [-0.05, 0) is 36.6 Å². The molecule has 0 amide bonds. The molecule has 0 aliphatic heterocycles. The Morgan fingerprint density at radius 1 is 0.900 bits per heavy atom. The highest BCUT2D eigenvalue weighted by Crippen LogP contribution is 2.10. The second-order valence-electron chi connectivity index (χ2n) is 4.94. The van der Waals surface area contributed by atoms with E-state index in [1.807, 2.05) is 7.05 Å². The smallest absolute Gasteiger partial charge is 0.0720 e. The average molecular weight is 269 g/mol. The molecule has 0 aliphatic rings. The predicted octanol–water partition coefficient (Wildman–Crippen LogP) is 3.56. The average Bonchev–Trinajstić information content (AvgIpc) is 2.50. The van der Waals surface area contributed by atoms with Crippen LogP contribution in [0.25, 0.3) is 0 Å². The molecule has 2 rings (SSSR count). The van der Waals surface area contributed by atoms with Gasteiger partial charge in [-0.2, -0.15) is 0 Å². The molecule has 2 aromatic rings. The summed E-state index contributed by atoms with van der Waals surface area (Å²) in [5.74, 6) is 0. The van der Waals surface area contributed by atoms with Gasteiger partial charge in [0.1, 0.15) is 0 Å². The van der Waals surface area contributed by atoms with Gasteiger partial charge in [-0.25, -0.2) is 0 Å². The molecule has 2 aromatic carbocycles. The lowest BCUT2D eigenvalue weighted by Gasteiger charge is -2.10. The van der Waals surface area contributed by atoms with Crippen molar-refractivity contribution in [2.24, 2.45) is 0 Å². The first-order valence-electron chi connectivity index (χ1n) is 7.23. The molecular formula is C18H23NO. The molecule has 1 N–H and O–H groups in total. The van der Waals surface area contributed by atoms with Crippen molar-refractivity contribution in [2.75, 3.05) is 13.7 Å². The second kappa shape index (κ2) is 8.51. The van der Waals surface area contributed by atoms with Crippen molar-refractivity contribution in [1.82, 2.24) is 5.32 Å². The molecule has 0 bridgehead atoms.